The second-order valence-electron chi connectivity index (χ2n) is 11.3. The Morgan fingerprint density at radius 1 is 0.692 bits per heavy atom. The van der Waals surface area contributed by atoms with Crippen molar-refractivity contribution in [1.29, 1.82) is 0 Å². The maximum atomic E-state index is 13.6. The summed E-state index contributed by atoms with van der Waals surface area (Å²) in [6, 6.07) is 22.3. The van der Waals surface area contributed by atoms with Crippen LogP contribution in [0.5, 0.6) is 0 Å². The van der Waals surface area contributed by atoms with Crippen molar-refractivity contribution in [3.05, 3.63) is 125 Å². The predicted molar refractivity (Wildman–Crippen MR) is 182 cm³/mol. The number of hydrogen-bond donors (Lipinski definition) is 1. The summed E-state index contributed by atoms with van der Waals surface area (Å²) in [6.45, 7) is 2.24. The van der Waals surface area contributed by atoms with Crippen LogP contribution in [0.4, 0.5) is 23.7 Å². The quantitative estimate of drug-likeness (QED) is 0.0932. The lowest BCUT2D eigenvalue weighted by Crippen LogP contribution is -2.49. The van der Waals surface area contributed by atoms with Gasteiger partial charge in [0.15, 0.2) is 0 Å². The van der Waals surface area contributed by atoms with Crippen LogP contribution < -0.4 is 5.32 Å². The molecule has 0 radical (unpaired) electrons. The van der Waals surface area contributed by atoms with Crippen LogP contribution in [-0.4, -0.2) is 62.1 Å². The van der Waals surface area contributed by atoms with E-state index in [0.717, 1.165) is 12.1 Å². The minimum absolute atomic E-state index is 0.0107. The number of benzene rings is 4. The monoisotopic (exact) mass is 720 g/mol. The maximum Gasteiger partial charge on any atom is 0.510 e. The molecule has 0 aromatic heterocycles. The second-order valence-corrected chi connectivity index (χ2v) is 11.3. The fraction of sp³-hybridized carbons (Fsp3) is 0.237. The molecule has 0 heterocycles. The number of rotatable bonds is 12. The summed E-state index contributed by atoms with van der Waals surface area (Å²) in [4.78, 5) is 67.5. The van der Waals surface area contributed by atoms with E-state index in [0.29, 0.717) is 11.1 Å². The molecule has 2 amide bonds. The molecule has 0 aliphatic carbocycles. The molecule has 0 spiro atoms. The van der Waals surface area contributed by atoms with Gasteiger partial charge in [-0.1, -0.05) is 66.7 Å². The average Bonchev–Trinajstić information content (AvgIpc) is 3.13. The standard InChI is InChI=1S/C38H35F3N2O9/c1-5-49-34(46)37(35(47)50-6-2,26-12-8-7-9-13-26)52-36(48)51-23-24-16-21-31(30(22-24)33(45)43(3)4)42-32(44)29-15-11-10-14-28(29)25-17-19-27(20-18-25)38(39,40)41/h7-22H,5-6,23H2,1-4H3,(H,42,44). The fourth-order valence-corrected chi connectivity index (χ4v) is 5.07. The first kappa shape index (κ1) is 38.6. The minimum atomic E-state index is -4.53. The fourth-order valence-electron chi connectivity index (χ4n) is 5.07. The number of nitrogens with zero attached hydrogens (tertiary/aromatic N) is 1. The van der Waals surface area contributed by atoms with Crippen molar-refractivity contribution in [2.24, 2.45) is 0 Å². The van der Waals surface area contributed by atoms with Crippen LogP contribution in [0.25, 0.3) is 11.1 Å². The average molecular weight is 721 g/mol. The zero-order chi connectivity index (χ0) is 38.1. The summed E-state index contributed by atoms with van der Waals surface area (Å²) in [5.41, 5.74) is -2.30. The molecule has 0 saturated heterocycles. The summed E-state index contributed by atoms with van der Waals surface area (Å²) in [7, 11) is 2.98. The van der Waals surface area contributed by atoms with Crippen molar-refractivity contribution in [2.75, 3.05) is 32.6 Å². The van der Waals surface area contributed by atoms with Gasteiger partial charge in [0.2, 0.25) is 0 Å². The molecule has 11 nitrogen and oxygen atoms in total. The van der Waals surface area contributed by atoms with Crippen LogP contribution in [-0.2, 0) is 46.9 Å². The second kappa shape index (κ2) is 16.7. The van der Waals surface area contributed by atoms with E-state index < -0.39 is 53.9 Å². The van der Waals surface area contributed by atoms with E-state index in [1.54, 1.807) is 24.3 Å². The van der Waals surface area contributed by atoms with E-state index in [1.165, 1.54) is 93.5 Å². The summed E-state index contributed by atoms with van der Waals surface area (Å²) in [5.74, 6) is -3.57. The van der Waals surface area contributed by atoms with Crippen molar-refractivity contribution in [3.8, 4) is 11.1 Å². The summed E-state index contributed by atoms with van der Waals surface area (Å²) < 4.78 is 60.2. The van der Waals surface area contributed by atoms with Crippen molar-refractivity contribution >= 4 is 35.6 Å². The molecule has 14 heteroatoms. The van der Waals surface area contributed by atoms with E-state index in [9.17, 15) is 37.1 Å². The van der Waals surface area contributed by atoms with E-state index in [1.807, 2.05) is 0 Å². The molecule has 0 aliphatic heterocycles. The van der Waals surface area contributed by atoms with Gasteiger partial charge in [-0.25, -0.2) is 14.4 Å². The SMILES string of the molecule is CCOC(=O)C(OC(=O)OCc1ccc(NC(=O)c2ccccc2-c2ccc(C(F)(F)F)cc2)c(C(=O)N(C)C)c1)(C(=O)OCC)c1ccccc1. The van der Waals surface area contributed by atoms with Gasteiger partial charge >= 0.3 is 29.9 Å². The van der Waals surface area contributed by atoms with Crippen molar-refractivity contribution < 1.29 is 56.1 Å². The lowest BCUT2D eigenvalue weighted by Gasteiger charge is -2.28. The zero-order valence-corrected chi connectivity index (χ0v) is 28.6. The Bertz CT molecular complexity index is 1910. The van der Waals surface area contributed by atoms with Gasteiger partial charge in [-0.2, -0.15) is 13.2 Å². The first-order chi connectivity index (χ1) is 24.7. The normalized spacial score (nSPS) is 11.2. The van der Waals surface area contributed by atoms with Crippen molar-refractivity contribution in [3.63, 3.8) is 0 Å². The molecule has 4 rings (SSSR count). The molecule has 272 valence electrons. The van der Waals surface area contributed by atoms with Crippen LogP contribution >= 0.6 is 0 Å². The Balaban J connectivity index is 1.59. The number of esters is 2. The van der Waals surface area contributed by atoms with Gasteiger partial charge in [-0.05, 0) is 60.9 Å². The van der Waals surface area contributed by atoms with E-state index >= 15 is 0 Å². The van der Waals surface area contributed by atoms with Crippen molar-refractivity contribution in [2.45, 2.75) is 32.2 Å². The Kier molecular flexibility index (Phi) is 12.4. The molecule has 0 bridgehead atoms. The summed E-state index contributed by atoms with van der Waals surface area (Å²) in [6.07, 6.45) is -5.96. The topological polar surface area (TPSA) is 138 Å². The molecular formula is C38H35F3N2O9. The summed E-state index contributed by atoms with van der Waals surface area (Å²) in [5, 5.41) is 2.70. The summed E-state index contributed by atoms with van der Waals surface area (Å²) >= 11 is 0. The van der Waals surface area contributed by atoms with Crippen LogP contribution in [0.2, 0.25) is 0 Å². The molecule has 0 unspecified atom stereocenters. The first-order valence-electron chi connectivity index (χ1n) is 15.9. The van der Waals surface area contributed by atoms with Gasteiger partial charge in [0.05, 0.1) is 30.0 Å². The lowest BCUT2D eigenvalue weighted by atomic mass is 9.93. The predicted octanol–water partition coefficient (Wildman–Crippen LogP) is 7.00. The molecule has 4 aromatic rings. The number of alkyl halides is 3. The molecule has 4 aromatic carbocycles. The third-order valence-electron chi connectivity index (χ3n) is 7.56. The van der Waals surface area contributed by atoms with Gasteiger partial charge in [-0.15, -0.1) is 0 Å². The number of halogens is 3. The molecule has 0 fully saturated rings. The van der Waals surface area contributed by atoms with Crippen LogP contribution in [0.15, 0.2) is 97.1 Å². The van der Waals surface area contributed by atoms with E-state index in [2.05, 4.69) is 5.32 Å². The van der Waals surface area contributed by atoms with Gasteiger partial charge < -0.3 is 29.2 Å². The number of carbonyl (C=O) groups excluding carboxylic acids is 5. The molecule has 0 atom stereocenters. The van der Waals surface area contributed by atoms with Gasteiger partial charge in [0, 0.05) is 25.2 Å². The number of anilines is 1. The third kappa shape index (κ3) is 8.75. The molecule has 52 heavy (non-hydrogen) atoms. The number of nitrogens with one attached hydrogen (secondary N) is 1. The van der Waals surface area contributed by atoms with E-state index in [4.69, 9.17) is 18.9 Å². The van der Waals surface area contributed by atoms with Crippen LogP contribution in [0.3, 0.4) is 0 Å². The highest BCUT2D eigenvalue weighted by Gasteiger charge is 2.55. The molecule has 0 aliphatic rings. The Morgan fingerprint density at radius 2 is 1.29 bits per heavy atom. The number of amides is 2. The number of carbonyl (C=O) groups is 5. The van der Waals surface area contributed by atoms with Gasteiger partial charge in [0.25, 0.3) is 11.8 Å². The Morgan fingerprint density at radius 3 is 1.87 bits per heavy atom. The maximum absolute atomic E-state index is 13.6. The van der Waals surface area contributed by atoms with Crippen LogP contribution in [0.1, 0.15) is 51.3 Å². The zero-order valence-electron chi connectivity index (χ0n) is 28.6. The third-order valence-corrected chi connectivity index (χ3v) is 7.56. The molecule has 1 N–H and O–H groups in total. The van der Waals surface area contributed by atoms with Crippen LogP contribution in [0, 0.1) is 0 Å². The van der Waals surface area contributed by atoms with Gasteiger partial charge in [0.1, 0.15) is 6.61 Å². The molecular weight excluding hydrogens is 685 g/mol. The number of hydrogen-bond acceptors (Lipinski definition) is 9. The largest absolute Gasteiger partial charge is 0.510 e. The lowest BCUT2D eigenvalue weighted by molar-refractivity contribution is -0.188. The highest BCUT2D eigenvalue weighted by molar-refractivity contribution is 6.12. The highest BCUT2D eigenvalue weighted by Crippen LogP contribution is 2.33. The number of ether oxygens (including phenoxy) is 4. The van der Waals surface area contributed by atoms with Gasteiger partial charge in [-0.3, -0.25) is 9.59 Å². The smallest absolute Gasteiger partial charge is 0.462 e. The molecule has 0 saturated carbocycles. The van der Waals surface area contributed by atoms with E-state index in [-0.39, 0.29) is 41.2 Å². The first-order valence-corrected chi connectivity index (χ1v) is 15.9. The Labute approximate surface area is 297 Å². The minimum Gasteiger partial charge on any atom is -0.462 e. The van der Waals surface area contributed by atoms with Crippen molar-refractivity contribution in [1.82, 2.24) is 4.90 Å². The Hall–Kier alpha value is -6.18. The highest BCUT2D eigenvalue weighted by atomic mass is 19.4.